The second-order valence-corrected chi connectivity index (χ2v) is 5.90. The van der Waals surface area contributed by atoms with E-state index in [2.05, 4.69) is 12.1 Å². The van der Waals surface area contributed by atoms with E-state index >= 15 is 0 Å². The van der Waals surface area contributed by atoms with Gasteiger partial charge in [0, 0.05) is 17.0 Å². The van der Waals surface area contributed by atoms with Gasteiger partial charge in [-0.3, -0.25) is 0 Å². The van der Waals surface area contributed by atoms with Crippen molar-refractivity contribution in [2.24, 2.45) is 0 Å². The second-order valence-electron chi connectivity index (χ2n) is 3.62. The predicted molar refractivity (Wildman–Crippen MR) is 64.1 cm³/mol. The maximum atomic E-state index is 5.32. The third kappa shape index (κ3) is 2.23. The Morgan fingerprint density at radius 1 is 1.00 bits per heavy atom. The molecular weight excluding hydrogens is 208 g/mol. The summed E-state index contributed by atoms with van der Waals surface area (Å²) >= 11 is 0. The average molecular weight is 225 g/mol. The molecule has 15 heavy (non-hydrogen) atoms. The van der Waals surface area contributed by atoms with E-state index < -0.39 is 0 Å². The number of rotatable bonds is 3. The van der Waals surface area contributed by atoms with E-state index in [0.29, 0.717) is 10.9 Å². The van der Waals surface area contributed by atoms with E-state index in [1.165, 1.54) is 29.2 Å². The van der Waals surface area contributed by atoms with Crippen LogP contribution in [0.2, 0.25) is 0 Å². The summed E-state index contributed by atoms with van der Waals surface area (Å²) in [6, 6.07) is 6.32. The molecule has 82 valence electrons. The Morgan fingerprint density at radius 2 is 1.67 bits per heavy atom. The minimum absolute atomic E-state index is 0.452. The molecule has 0 unspecified atom stereocenters. The Hall–Kier alpha value is -0.830. The molecule has 0 radical (unpaired) electrons. The van der Waals surface area contributed by atoms with Crippen molar-refractivity contribution in [3.63, 3.8) is 0 Å². The van der Waals surface area contributed by atoms with Crippen LogP contribution < -0.4 is 9.47 Å². The summed E-state index contributed by atoms with van der Waals surface area (Å²) in [5.41, 5.74) is 0. The number of ether oxygens (including phenoxy) is 2. The van der Waals surface area contributed by atoms with Crippen molar-refractivity contribution in [3.05, 3.63) is 18.2 Å². The number of benzene rings is 1. The van der Waals surface area contributed by atoms with Crippen LogP contribution in [0.25, 0.3) is 0 Å². The molecule has 0 aromatic heterocycles. The van der Waals surface area contributed by atoms with Gasteiger partial charge in [-0.1, -0.05) is 0 Å². The van der Waals surface area contributed by atoms with Crippen molar-refractivity contribution in [3.8, 4) is 11.5 Å². The van der Waals surface area contributed by atoms with E-state index in [0.717, 1.165) is 11.5 Å². The fourth-order valence-electron chi connectivity index (χ4n) is 1.89. The van der Waals surface area contributed by atoms with Gasteiger partial charge in [-0.2, -0.15) is 0 Å². The summed E-state index contributed by atoms with van der Waals surface area (Å²) in [5.74, 6) is 4.36. The van der Waals surface area contributed by atoms with Crippen molar-refractivity contribution < 1.29 is 9.47 Å². The Balaban J connectivity index is 2.25. The average Bonchev–Trinajstić information content (AvgIpc) is 2.81. The standard InChI is InChI=1S/C12H17O2S/c1-13-11-6-5-10(9-12(11)14-2)15-7-3-4-8-15/h5-6,9H,3-4,7-8H2,1-2H3/q+1. The largest absolute Gasteiger partial charge is 0.493 e. The Bertz CT molecular complexity index is 332. The Labute approximate surface area is 93.9 Å². The van der Waals surface area contributed by atoms with Gasteiger partial charge in [0.2, 0.25) is 0 Å². The van der Waals surface area contributed by atoms with Gasteiger partial charge in [0.15, 0.2) is 16.4 Å². The lowest BCUT2D eigenvalue weighted by Crippen LogP contribution is -2.04. The second kappa shape index (κ2) is 4.79. The molecule has 0 spiro atoms. The SMILES string of the molecule is COc1ccc([S+]2CCCC2)cc1OC. The fraction of sp³-hybridized carbons (Fsp3) is 0.500. The molecule has 1 aliphatic rings. The Morgan fingerprint density at radius 3 is 2.27 bits per heavy atom. The van der Waals surface area contributed by atoms with Crippen molar-refractivity contribution in [2.45, 2.75) is 17.7 Å². The van der Waals surface area contributed by atoms with Crippen LogP contribution in [-0.4, -0.2) is 25.7 Å². The van der Waals surface area contributed by atoms with E-state index in [1.807, 2.05) is 6.07 Å². The Kier molecular flexibility index (Phi) is 3.41. The van der Waals surface area contributed by atoms with Gasteiger partial charge < -0.3 is 9.47 Å². The zero-order valence-corrected chi connectivity index (χ0v) is 10.1. The monoisotopic (exact) mass is 225 g/mol. The number of hydrogen-bond acceptors (Lipinski definition) is 2. The molecular formula is C12H17O2S+. The summed E-state index contributed by atoms with van der Waals surface area (Å²) in [6.45, 7) is 0. The molecule has 3 heteroatoms. The molecule has 0 atom stereocenters. The van der Waals surface area contributed by atoms with E-state index in [-0.39, 0.29) is 0 Å². The van der Waals surface area contributed by atoms with Crippen LogP contribution in [0.1, 0.15) is 12.8 Å². The highest BCUT2D eigenvalue weighted by atomic mass is 32.2. The molecule has 1 aliphatic heterocycles. The van der Waals surface area contributed by atoms with Gasteiger partial charge in [0.05, 0.1) is 14.2 Å². The summed E-state index contributed by atoms with van der Waals surface area (Å²) in [5, 5.41) is 0. The minimum Gasteiger partial charge on any atom is -0.493 e. The summed E-state index contributed by atoms with van der Waals surface area (Å²) in [6.07, 6.45) is 2.74. The summed E-state index contributed by atoms with van der Waals surface area (Å²) in [7, 11) is 3.82. The van der Waals surface area contributed by atoms with Gasteiger partial charge in [-0.15, -0.1) is 0 Å². The van der Waals surface area contributed by atoms with Crippen LogP contribution in [0.4, 0.5) is 0 Å². The smallest absolute Gasteiger partial charge is 0.165 e. The van der Waals surface area contributed by atoms with Crippen LogP contribution in [-0.2, 0) is 10.9 Å². The highest BCUT2D eigenvalue weighted by Gasteiger charge is 2.27. The van der Waals surface area contributed by atoms with Crippen molar-refractivity contribution in [2.75, 3.05) is 25.7 Å². The molecule has 1 aromatic rings. The summed E-state index contributed by atoms with van der Waals surface area (Å²) < 4.78 is 10.5. The lowest BCUT2D eigenvalue weighted by molar-refractivity contribution is 0.354. The van der Waals surface area contributed by atoms with Gasteiger partial charge in [0.25, 0.3) is 0 Å². The molecule has 0 amide bonds. The molecule has 1 heterocycles. The predicted octanol–water partition coefficient (Wildman–Crippen LogP) is 2.47. The zero-order valence-electron chi connectivity index (χ0n) is 9.29. The van der Waals surface area contributed by atoms with Crippen LogP contribution in [0.5, 0.6) is 11.5 Å². The summed E-state index contributed by atoms with van der Waals surface area (Å²) in [4.78, 5) is 1.42. The van der Waals surface area contributed by atoms with Gasteiger partial charge in [0.1, 0.15) is 11.5 Å². The number of hydrogen-bond donors (Lipinski definition) is 0. The quantitative estimate of drug-likeness (QED) is 0.736. The fourth-order valence-corrected chi connectivity index (χ4v) is 4.20. The first-order chi connectivity index (χ1) is 7.35. The molecule has 1 aromatic carbocycles. The van der Waals surface area contributed by atoms with E-state index in [4.69, 9.17) is 9.47 Å². The van der Waals surface area contributed by atoms with Crippen LogP contribution in [0.3, 0.4) is 0 Å². The first-order valence-electron chi connectivity index (χ1n) is 5.24. The molecule has 0 N–H and O–H groups in total. The molecule has 0 saturated carbocycles. The zero-order chi connectivity index (χ0) is 10.7. The first kappa shape index (κ1) is 10.7. The maximum Gasteiger partial charge on any atom is 0.165 e. The van der Waals surface area contributed by atoms with Crippen molar-refractivity contribution in [1.29, 1.82) is 0 Å². The van der Waals surface area contributed by atoms with Gasteiger partial charge in [-0.25, -0.2) is 0 Å². The third-order valence-corrected chi connectivity index (χ3v) is 5.20. The van der Waals surface area contributed by atoms with E-state index in [9.17, 15) is 0 Å². The topological polar surface area (TPSA) is 18.5 Å². The molecule has 2 nitrogen and oxygen atoms in total. The highest BCUT2D eigenvalue weighted by Crippen LogP contribution is 2.32. The van der Waals surface area contributed by atoms with Crippen LogP contribution in [0, 0.1) is 0 Å². The molecule has 1 fully saturated rings. The lowest BCUT2D eigenvalue weighted by Gasteiger charge is -2.08. The normalized spacial score (nSPS) is 16.7. The van der Waals surface area contributed by atoms with Gasteiger partial charge >= 0.3 is 0 Å². The molecule has 0 bridgehead atoms. The minimum atomic E-state index is 0.452. The highest BCUT2D eigenvalue weighted by molar-refractivity contribution is 7.97. The maximum absolute atomic E-state index is 5.32. The van der Waals surface area contributed by atoms with Crippen LogP contribution >= 0.6 is 0 Å². The van der Waals surface area contributed by atoms with Crippen molar-refractivity contribution in [1.82, 2.24) is 0 Å². The first-order valence-corrected chi connectivity index (χ1v) is 6.81. The molecule has 1 saturated heterocycles. The van der Waals surface area contributed by atoms with E-state index in [1.54, 1.807) is 14.2 Å². The van der Waals surface area contributed by atoms with Crippen molar-refractivity contribution >= 4 is 10.9 Å². The van der Waals surface area contributed by atoms with Crippen LogP contribution in [0.15, 0.2) is 23.1 Å². The van der Waals surface area contributed by atoms with Gasteiger partial charge in [-0.05, 0) is 25.0 Å². The molecule has 2 rings (SSSR count). The third-order valence-electron chi connectivity index (χ3n) is 2.72. The molecule has 0 aliphatic carbocycles. The lowest BCUT2D eigenvalue weighted by atomic mass is 10.3. The number of methoxy groups -OCH3 is 2.